The fraction of sp³-hybridized carbons (Fsp3) is 0.625. The molecule has 0 bridgehead atoms. The molecule has 0 fully saturated rings. The molecule has 0 saturated carbocycles. The molecule has 1 aromatic carbocycles. The fourth-order valence-corrected chi connectivity index (χ4v) is 3.46. The monoisotopic (exact) mass is 281 g/mol. The van der Waals surface area contributed by atoms with E-state index in [2.05, 4.69) is 56.9 Å². The summed E-state index contributed by atoms with van der Waals surface area (Å²) in [5.74, 6) is 0.918. The minimum absolute atomic E-state index is 0.398. The van der Waals surface area contributed by atoms with Crippen molar-refractivity contribution in [2.24, 2.45) is 0 Å². The lowest BCUT2D eigenvalue weighted by atomic mass is 10.0. The van der Waals surface area contributed by atoms with Crippen molar-refractivity contribution >= 4 is 11.8 Å². The molecule has 0 aliphatic rings. The lowest BCUT2D eigenvalue weighted by Gasteiger charge is -2.27. The summed E-state index contributed by atoms with van der Waals surface area (Å²) in [5, 5.41) is 4.87. The lowest BCUT2D eigenvalue weighted by molar-refractivity contribution is 0.414. The first kappa shape index (κ1) is 16.4. The Bertz CT molecular complexity index is 352. The largest absolute Gasteiger partial charge is 0.497 e. The van der Waals surface area contributed by atoms with E-state index in [0.29, 0.717) is 16.5 Å². The number of hydrogen-bond acceptors (Lipinski definition) is 3. The van der Waals surface area contributed by atoms with E-state index in [1.54, 1.807) is 7.11 Å². The number of ether oxygens (including phenoxy) is 1. The van der Waals surface area contributed by atoms with Gasteiger partial charge in [-0.05, 0) is 30.7 Å². The molecular formula is C16H27NOS. The summed E-state index contributed by atoms with van der Waals surface area (Å²) < 4.78 is 5.23. The van der Waals surface area contributed by atoms with Crippen LogP contribution in [-0.2, 0) is 0 Å². The molecule has 2 nitrogen and oxygen atoms in total. The van der Waals surface area contributed by atoms with Gasteiger partial charge in [0.05, 0.1) is 7.11 Å². The second-order valence-corrected chi connectivity index (χ2v) is 6.69. The third-order valence-electron chi connectivity index (χ3n) is 3.39. The lowest BCUT2D eigenvalue weighted by Crippen LogP contribution is -2.29. The molecule has 1 N–H and O–H groups in total. The van der Waals surface area contributed by atoms with Crippen LogP contribution in [0, 0.1) is 0 Å². The predicted molar refractivity (Wildman–Crippen MR) is 86.2 cm³/mol. The summed E-state index contributed by atoms with van der Waals surface area (Å²) in [6, 6.07) is 8.82. The van der Waals surface area contributed by atoms with Crippen LogP contribution in [0.4, 0.5) is 0 Å². The van der Waals surface area contributed by atoms with Crippen LogP contribution in [0.5, 0.6) is 5.75 Å². The summed E-state index contributed by atoms with van der Waals surface area (Å²) in [4.78, 5) is 0. The zero-order valence-electron chi connectivity index (χ0n) is 12.8. The zero-order valence-corrected chi connectivity index (χ0v) is 13.6. The second-order valence-electron chi connectivity index (χ2n) is 4.87. The van der Waals surface area contributed by atoms with Gasteiger partial charge in [0.1, 0.15) is 5.75 Å². The number of benzene rings is 1. The smallest absolute Gasteiger partial charge is 0.118 e. The second kappa shape index (κ2) is 8.49. The van der Waals surface area contributed by atoms with Gasteiger partial charge in [-0.1, -0.05) is 39.8 Å². The summed E-state index contributed by atoms with van der Waals surface area (Å²) in [6.45, 7) is 10.0. The quantitative estimate of drug-likeness (QED) is 0.769. The molecule has 0 spiro atoms. The van der Waals surface area contributed by atoms with Gasteiger partial charge in [0.15, 0.2) is 0 Å². The van der Waals surface area contributed by atoms with E-state index in [1.165, 1.54) is 12.0 Å². The van der Waals surface area contributed by atoms with Crippen LogP contribution in [0.2, 0.25) is 0 Å². The number of hydrogen-bond donors (Lipinski definition) is 1. The first-order chi connectivity index (χ1) is 9.12. The maximum Gasteiger partial charge on any atom is 0.118 e. The maximum absolute atomic E-state index is 5.23. The van der Waals surface area contributed by atoms with Gasteiger partial charge in [-0.2, -0.15) is 11.8 Å². The van der Waals surface area contributed by atoms with Gasteiger partial charge < -0.3 is 10.1 Å². The Hall–Kier alpha value is -0.670. The summed E-state index contributed by atoms with van der Waals surface area (Å²) in [6.07, 6.45) is 1.22. The van der Waals surface area contributed by atoms with Crippen molar-refractivity contribution in [3.8, 4) is 5.75 Å². The Labute approximate surface area is 122 Å². The zero-order chi connectivity index (χ0) is 14.3. The first-order valence-electron chi connectivity index (χ1n) is 7.15. The van der Waals surface area contributed by atoms with Gasteiger partial charge >= 0.3 is 0 Å². The summed E-state index contributed by atoms with van der Waals surface area (Å²) >= 11 is 2.06. The number of nitrogens with one attached hydrogen (secondary N) is 1. The van der Waals surface area contributed by atoms with Crippen LogP contribution < -0.4 is 10.1 Å². The molecule has 108 valence electrons. The molecule has 0 heterocycles. The minimum atomic E-state index is 0.398. The average molecular weight is 281 g/mol. The minimum Gasteiger partial charge on any atom is -0.497 e. The number of rotatable bonds is 8. The van der Waals surface area contributed by atoms with Gasteiger partial charge in [0.25, 0.3) is 0 Å². The predicted octanol–water partition coefficient (Wildman–Crippen LogP) is 4.27. The normalized spacial score (nSPS) is 15.8. The van der Waals surface area contributed by atoms with Gasteiger partial charge in [-0.15, -0.1) is 0 Å². The molecule has 3 unspecified atom stereocenters. The molecule has 0 aliphatic carbocycles. The molecule has 0 radical (unpaired) electrons. The number of methoxy groups -OCH3 is 1. The standard InChI is InChI=1S/C16H27NOS/c1-6-12(3)19-13(4)16(17-7-2)14-8-10-15(18-5)11-9-14/h8-13,16-17H,6-7H2,1-5H3. The van der Waals surface area contributed by atoms with Gasteiger partial charge in [-0.25, -0.2) is 0 Å². The molecule has 1 rings (SSSR count). The van der Waals surface area contributed by atoms with E-state index in [0.717, 1.165) is 12.3 Å². The Morgan fingerprint density at radius 2 is 1.79 bits per heavy atom. The molecule has 3 heteroatoms. The Kier molecular flexibility index (Phi) is 7.32. The highest BCUT2D eigenvalue weighted by molar-refractivity contribution is 8.00. The highest BCUT2D eigenvalue weighted by Crippen LogP contribution is 2.31. The fourth-order valence-electron chi connectivity index (χ4n) is 2.13. The van der Waals surface area contributed by atoms with E-state index in [9.17, 15) is 0 Å². The van der Waals surface area contributed by atoms with Crippen LogP contribution in [0.3, 0.4) is 0 Å². The molecule has 0 saturated heterocycles. The molecule has 0 aliphatic heterocycles. The maximum atomic E-state index is 5.23. The molecule has 1 aromatic rings. The Morgan fingerprint density at radius 1 is 1.16 bits per heavy atom. The van der Waals surface area contributed by atoms with Crippen LogP contribution >= 0.6 is 11.8 Å². The van der Waals surface area contributed by atoms with Crippen molar-refractivity contribution in [3.63, 3.8) is 0 Å². The molecule has 0 aromatic heterocycles. The van der Waals surface area contributed by atoms with Crippen LogP contribution in [0.15, 0.2) is 24.3 Å². The Morgan fingerprint density at radius 3 is 2.26 bits per heavy atom. The van der Waals surface area contributed by atoms with Crippen molar-refractivity contribution in [2.45, 2.75) is 50.7 Å². The highest BCUT2D eigenvalue weighted by atomic mass is 32.2. The molecule has 0 amide bonds. The van der Waals surface area contributed by atoms with Gasteiger partial charge in [0, 0.05) is 16.5 Å². The van der Waals surface area contributed by atoms with E-state index < -0.39 is 0 Å². The topological polar surface area (TPSA) is 21.3 Å². The molecular weight excluding hydrogens is 254 g/mol. The average Bonchev–Trinajstić information content (AvgIpc) is 2.44. The van der Waals surface area contributed by atoms with E-state index >= 15 is 0 Å². The van der Waals surface area contributed by atoms with Crippen LogP contribution in [0.1, 0.15) is 45.7 Å². The first-order valence-corrected chi connectivity index (χ1v) is 8.09. The van der Waals surface area contributed by atoms with E-state index in [4.69, 9.17) is 4.74 Å². The Balaban J connectivity index is 2.79. The summed E-state index contributed by atoms with van der Waals surface area (Å²) in [5.41, 5.74) is 1.34. The third-order valence-corrected chi connectivity index (χ3v) is 4.89. The van der Waals surface area contributed by atoms with Crippen molar-refractivity contribution in [2.75, 3.05) is 13.7 Å². The van der Waals surface area contributed by atoms with Crippen molar-refractivity contribution in [1.82, 2.24) is 5.32 Å². The molecule has 3 atom stereocenters. The van der Waals surface area contributed by atoms with Crippen molar-refractivity contribution in [3.05, 3.63) is 29.8 Å². The third kappa shape index (κ3) is 5.07. The van der Waals surface area contributed by atoms with Crippen LogP contribution in [0.25, 0.3) is 0 Å². The van der Waals surface area contributed by atoms with Gasteiger partial charge in [0.2, 0.25) is 0 Å². The van der Waals surface area contributed by atoms with E-state index in [1.807, 2.05) is 12.1 Å². The van der Waals surface area contributed by atoms with Crippen LogP contribution in [-0.4, -0.2) is 24.2 Å². The highest BCUT2D eigenvalue weighted by Gasteiger charge is 2.20. The summed E-state index contributed by atoms with van der Waals surface area (Å²) in [7, 11) is 1.71. The van der Waals surface area contributed by atoms with Crippen molar-refractivity contribution in [1.29, 1.82) is 0 Å². The van der Waals surface area contributed by atoms with Crippen molar-refractivity contribution < 1.29 is 4.74 Å². The van der Waals surface area contributed by atoms with E-state index in [-0.39, 0.29) is 0 Å². The van der Waals surface area contributed by atoms with Gasteiger partial charge in [-0.3, -0.25) is 0 Å². The number of thioether (sulfide) groups is 1. The molecule has 19 heavy (non-hydrogen) atoms. The SMILES string of the molecule is CCNC(c1ccc(OC)cc1)C(C)SC(C)CC.